The zero-order valence-electron chi connectivity index (χ0n) is 9.99. The number of rotatable bonds is 2. The molecular weight excluding hydrogens is 347 g/mol. The maximum Gasteiger partial charge on any atom is 0.232 e. The first-order chi connectivity index (χ1) is 9.58. The maximum atomic E-state index is 13.8. The van der Waals surface area contributed by atoms with Crippen LogP contribution in [0.2, 0.25) is 5.02 Å². The van der Waals surface area contributed by atoms with E-state index in [0.717, 1.165) is 0 Å². The first-order valence-electron chi connectivity index (χ1n) is 5.74. The fourth-order valence-corrected chi connectivity index (χ4v) is 2.72. The van der Waals surface area contributed by atoms with Crippen LogP contribution in [0.1, 0.15) is 16.1 Å². The number of hydrogen-bond donors (Lipinski definition) is 0. The predicted molar refractivity (Wildman–Crippen MR) is 78.8 cm³/mol. The van der Waals surface area contributed by atoms with Crippen LogP contribution in [0.3, 0.4) is 0 Å². The van der Waals surface area contributed by atoms with Gasteiger partial charge in [-0.15, -0.1) is 0 Å². The number of hydrogen-bond acceptors (Lipinski definition) is 2. The Morgan fingerprint density at radius 2 is 1.95 bits per heavy atom. The zero-order valence-corrected chi connectivity index (χ0v) is 12.3. The highest BCUT2D eigenvalue weighted by Gasteiger charge is 2.21. The second-order valence-electron chi connectivity index (χ2n) is 4.19. The molecule has 0 amide bonds. The van der Waals surface area contributed by atoms with Crippen molar-refractivity contribution in [1.82, 2.24) is 0 Å². The lowest BCUT2D eigenvalue weighted by atomic mass is 10.1. The van der Waals surface area contributed by atoms with Crippen molar-refractivity contribution in [2.24, 2.45) is 0 Å². The molecule has 0 saturated carbocycles. The number of ketones is 1. The summed E-state index contributed by atoms with van der Waals surface area (Å²) in [5.74, 6) is -1.07. The van der Waals surface area contributed by atoms with E-state index < -0.39 is 11.6 Å². The molecule has 2 nitrogen and oxygen atoms in total. The molecule has 0 aliphatic heterocycles. The van der Waals surface area contributed by atoms with Gasteiger partial charge in [0.2, 0.25) is 5.78 Å². The molecule has 100 valence electrons. The van der Waals surface area contributed by atoms with Crippen molar-refractivity contribution in [2.45, 2.75) is 0 Å². The van der Waals surface area contributed by atoms with Crippen LogP contribution < -0.4 is 0 Å². The molecule has 0 aliphatic rings. The van der Waals surface area contributed by atoms with Gasteiger partial charge in [0.25, 0.3) is 0 Å². The molecule has 0 radical (unpaired) electrons. The van der Waals surface area contributed by atoms with Gasteiger partial charge in [0, 0.05) is 9.86 Å². The van der Waals surface area contributed by atoms with Gasteiger partial charge in [0.15, 0.2) is 11.3 Å². The summed E-state index contributed by atoms with van der Waals surface area (Å²) in [6.07, 6.45) is 0. The highest BCUT2D eigenvalue weighted by Crippen LogP contribution is 2.29. The Bertz CT molecular complexity index is 806. The van der Waals surface area contributed by atoms with E-state index in [-0.39, 0.29) is 11.3 Å². The summed E-state index contributed by atoms with van der Waals surface area (Å²) in [4.78, 5) is 12.4. The molecule has 0 spiro atoms. The van der Waals surface area contributed by atoms with Crippen molar-refractivity contribution >= 4 is 44.3 Å². The molecule has 0 fully saturated rings. The Morgan fingerprint density at radius 3 is 2.65 bits per heavy atom. The SMILES string of the molecule is O=C(c1cc2cccc(Cl)c2o1)c1c(F)cccc1Br. The van der Waals surface area contributed by atoms with Gasteiger partial charge < -0.3 is 4.42 Å². The Labute approximate surface area is 127 Å². The van der Waals surface area contributed by atoms with Crippen molar-refractivity contribution < 1.29 is 13.6 Å². The van der Waals surface area contributed by atoms with Crippen molar-refractivity contribution in [1.29, 1.82) is 0 Å². The minimum Gasteiger partial charge on any atom is -0.451 e. The molecule has 0 aliphatic carbocycles. The molecule has 1 aromatic heterocycles. The minimum absolute atomic E-state index is 0.0531. The summed E-state index contributed by atoms with van der Waals surface area (Å²) >= 11 is 9.17. The van der Waals surface area contributed by atoms with E-state index in [0.29, 0.717) is 20.5 Å². The monoisotopic (exact) mass is 352 g/mol. The number of carbonyl (C=O) groups excluding carboxylic acids is 1. The Hall–Kier alpha value is -1.65. The molecule has 3 rings (SSSR count). The standard InChI is InChI=1S/C15H7BrClFO2/c16-9-4-2-6-11(18)13(9)14(19)12-7-8-3-1-5-10(17)15(8)20-12/h1-7H. The lowest BCUT2D eigenvalue weighted by molar-refractivity contribution is 0.101. The van der Waals surface area contributed by atoms with Crippen LogP contribution in [0, 0.1) is 5.82 Å². The third-order valence-corrected chi connectivity index (χ3v) is 3.87. The first-order valence-corrected chi connectivity index (χ1v) is 6.92. The van der Waals surface area contributed by atoms with Crippen molar-refractivity contribution in [3.8, 4) is 0 Å². The predicted octanol–water partition coefficient (Wildman–Crippen LogP) is 5.22. The molecule has 1 heterocycles. The lowest BCUT2D eigenvalue weighted by Crippen LogP contribution is -2.04. The van der Waals surface area contributed by atoms with Crippen molar-refractivity contribution in [2.75, 3.05) is 0 Å². The van der Waals surface area contributed by atoms with Crippen LogP contribution in [0.4, 0.5) is 4.39 Å². The molecule has 0 saturated heterocycles. The highest BCUT2D eigenvalue weighted by atomic mass is 79.9. The molecule has 2 aromatic carbocycles. The van der Waals surface area contributed by atoms with Gasteiger partial charge in [0.1, 0.15) is 5.82 Å². The summed E-state index contributed by atoms with van der Waals surface area (Å²) in [6.45, 7) is 0. The fraction of sp³-hybridized carbons (Fsp3) is 0. The van der Waals surface area contributed by atoms with E-state index in [2.05, 4.69) is 15.9 Å². The summed E-state index contributed by atoms with van der Waals surface area (Å²) in [5.41, 5.74) is 0.368. The molecule has 3 aromatic rings. The van der Waals surface area contributed by atoms with Gasteiger partial charge in [-0.3, -0.25) is 4.79 Å². The average Bonchev–Trinajstić information content (AvgIpc) is 2.84. The largest absolute Gasteiger partial charge is 0.451 e. The first kappa shape index (κ1) is 13.3. The van der Waals surface area contributed by atoms with Gasteiger partial charge in [-0.1, -0.05) is 29.8 Å². The topological polar surface area (TPSA) is 30.2 Å². The second-order valence-corrected chi connectivity index (χ2v) is 5.46. The van der Waals surface area contributed by atoms with Gasteiger partial charge in [-0.25, -0.2) is 4.39 Å². The molecule has 0 unspecified atom stereocenters. The molecule has 0 atom stereocenters. The van der Waals surface area contributed by atoms with E-state index in [1.807, 2.05) is 0 Å². The van der Waals surface area contributed by atoms with E-state index in [9.17, 15) is 9.18 Å². The highest BCUT2D eigenvalue weighted by molar-refractivity contribution is 9.10. The van der Waals surface area contributed by atoms with E-state index >= 15 is 0 Å². The number of furan rings is 1. The smallest absolute Gasteiger partial charge is 0.232 e. The van der Waals surface area contributed by atoms with Gasteiger partial charge in [-0.2, -0.15) is 0 Å². The number of para-hydroxylation sites is 1. The number of fused-ring (bicyclic) bond motifs is 1. The quantitative estimate of drug-likeness (QED) is 0.591. The average molecular weight is 354 g/mol. The normalized spacial score (nSPS) is 10.9. The summed E-state index contributed by atoms with van der Waals surface area (Å²) < 4.78 is 19.6. The molecular formula is C15H7BrClFO2. The van der Waals surface area contributed by atoms with Crippen molar-refractivity contribution in [3.63, 3.8) is 0 Å². The Balaban J connectivity index is 2.16. The summed E-state index contributed by atoms with van der Waals surface area (Å²) in [5, 5.41) is 1.11. The summed E-state index contributed by atoms with van der Waals surface area (Å²) in [7, 11) is 0. The number of benzene rings is 2. The van der Waals surface area contributed by atoms with Crippen LogP contribution in [0.5, 0.6) is 0 Å². The van der Waals surface area contributed by atoms with Gasteiger partial charge >= 0.3 is 0 Å². The summed E-state index contributed by atoms with van der Waals surface area (Å²) in [6, 6.07) is 11.1. The Kier molecular flexibility index (Phi) is 3.36. The third kappa shape index (κ3) is 2.15. The number of halogens is 3. The minimum atomic E-state index is -0.601. The van der Waals surface area contributed by atoms with Crippen LogP contribution in [0.15, 0.2) is 51.4 Å². The molecule has 0 N–H and O–H groups in total. The zero-order chi connectivity index (χ0) is 14.3. The molecule has 0 bridgehead atoms. The second kappa shape index (κ2) is 5.04. The van der Waals surface area contributed by atoms with Gasteiger partial charge in [0.05, 0.1) is 10.6 Å². The molecule has 5 heteroatoms. The van der Waals surface area contributed by atoms with Crippen LogP contribution in [-0.4, -0.2) is 5.78 Å². The van der Waals surface area contributed by atoms with E-state index in [1.54, 1.807) is 30.3 Å². The van der Waals surface area contributed by atoms with Crippen LogP contribution in [0.25, 0.3) is 11.0 Å². The third-order valence-electron chi connectivity index (χ3n) is 2.91. The van der Waals surface area contributed by atoms with Crippen LogP contribution in [-0.2, 0) is 0 Å². The Morgan fingerprint density at radius 1 is 1.20 bits per heavy atom. The molecule has 20 heavy (non-hydrogen) atoms. The maximum absolute atomic E-state index is 13.8. The van der Waals surface area contributed by atoms with E-state index in [1.165, 1.54) is 12.1 Å². The van der Waals surface area contributed by atoms with Gasteiger partial charge in [-0.05, 0) is 40.2 Å². The van der Waals surface area contributed by atoms with Crippen molar-refractivity contribution in [3.05, 3.63) is 69.1 Å². The lowest BCUT2D eigenvalue weighted by Gasteiger charge is -2.02. The van der Waals surface area contributed by atoms with E-state index in [4.69, 9.17) is 16.0 Å². The fourth-order valence-electron chi connectivity index (χ4n) is 1.98. The van der Waals surface area contributed by atoms with Crippen LogP contribution >= 0.6 is 27.5 Å². The number of carbonyl (C=O) groups is 1.